The van der Waals surface area contributed by atoms with Crippen LogP contribution in [0.4, 0.5) is 5.69 Å². The van der Waals surface area contributed by atoms with Crippen LogP contribution in [0, 0.1) is 0 Å². The minimum absolute atomic E-state index is 0.0376. The van der Waals surface area contributed by atoms with Crippen molar-refractivity contribution in [3.63, 3.8) is 0 Å². The number of thiazole rings is 1. The molecular weight excluding hydrogens is 558 g/mol. The maximum atomic E-state index is 13.2. The lowest BCUT2D eigenvalue weighted by atomic mass is 10.2. The number of ether oxygens (including phenoxy) is 4. The standard InChI is InChI=1S/C27H25N3O8S2/c1-3-36-25(31)16-30-21-14-22-23(38-12-11-37-22)15-24(21)39-27(30)28-26(32)17-5-4-6-18(13-17)29-40(33,34)20-9-7-19(35-2)8-10-20/h4-10,13-15,29H,3,11-12,16H2,1-2H3. The van der Waals surface area contributed by atoms with Gasteiger partial charge in [0.15, 0.2) is 16.3 Å². The number of sulfonamides is 1. The summed E-state index contributed by atoms with van der Waals surface area (Å²) in [5, 5.41) is 0. The number of anilines is 1. The third-order valence-electron chi connectivity index (χ3n) is 5.87. The van der Waals surface area contributed by atoms with Gasteiger partial charge in [0, 0.05) is 23.4 Å². The van der Waals surface area contributed by atoms with Gasteiger partial charge in [-0.2, -0.15) is 4.99 Å². The molecule has 11 nitrogen and oxygen atoms in total. The molecule has 0 atom stereocenters. The fourth-order valence-electron chi connectivity index (χ4n) is 4.02. The normalized spacial score (nSPS) is 13.2. The van der Waals surface area contributed by atoms with E-state index in [-0.39, 0.29) is 34.1 Å². The van der Waals surface area contributed by atoms with Crippen LogP contribution in [-0.4, -0.2) is 51.8 Å². The lowest BCUT2D eigenvalue weighted by Crippen LogP contribution is -2.23. The molecule has 2 heterocycles. The molecule has 0 spiro atoms. The van der Waals surface area contributed by atoms with E-state index in [1.54, 1.807) is 41.8 Å². The maximum Gasteiger partial charge on any atom is 0.326 e. The number of nitrogens with zero attached hydrogens (tertiary/aromatic N) is 2. The number of carbonyl (C=O) groups excluding carboxylic acids is 2. The Morgan fingerprint density at radius 1 is 1.05 bits per heavy atom. The Balaban J connectivity index is 1.48. The lowest BCUT2D eigenvalue weighted by molar-refractivity contribution is -0.143. The first kappa shape index (κ1) is 27.2. The van der Waals surface area contributed by atoms with Gasteiger partial charge in [0.2, 0.25) is 0 Å². The molecule has 4 aromatic rings. The highest BCUT2D eigenvalue weighted by Gasteiger charge is 2.19. The fraction of sp³-hybridized carbons (Fsp3) is 0.222. The third-order valence-corrected chi connectivity index (χ3v) is 8.31. The number of esters is 1. The monoisotopic (exact) mass is 583 g/mol. The van der Waals surface area contributed by atoms with Crippen molar-refractivity contribution in [2.75, 3.05) is 31.7 Å². The number of rotatable bonds is 8. The molecule has 13 heteroatoms. The van der Waals surface area contributed by atoms with E-state index in [0.717, 1.165) is 4.70 Å². The first-order valence-corrected chi connectivity index (χ1v) is 14.5. The molecule has 1 aliphatic rings. The van der Waals surface area contributed by atoms with Gasteiger partial charge in [-0.25, -0.2) is 8.42 Å². The van der Waals surface area contributed by atoms with Crippen molar-refractivity contribution in [2.24, 2.45) is 4.99 Å². The van der Waals surface area contributed by atoms with Gasteiger partial charge in [-0.05, 0) is 49.4 Å². The highest BCUT2D eigenvalue weighted by molar-refractivity contribution is 7.92. The number of methoxy groups -OCH3 is 1. The SMILES string of the molecule is CCOC(=O)Cn1c(=NC(=O)c2cccc(NS(=O)(=O)c3ccc(OC)cc3)c2)sc2cc3c(cc21)OCCO3. The minimum Gasteiger partial charge on any atom is -0.497 e. The number of benzene rings is 3. The maximum absolute atomic E-state index is 13.2. The number of amides is 1. The Bertz CT molecular complexity index is 1760. The zero-order valence-electron chi connectivity index (χ0n) is 21.6. The van der Waals surface area contributed by atoms with Gasteiger partial charge >= 0.3 is 5.97 Å². The van der Waals surface area contributed by atoms with Crippen molar-refractivity contribution >= 4 is 49.1 Å². The summed E-state index contributed by atoms with van der Waals surface area (Å²) in [7, 11) is -2.43. The second-order valence-electron chi connectivity index (χ2n) is 8.52. The molecule has 40 heavy (non-hydrogen) atoms. The van der Waals surface area contributed by atoms with E-state index < -0.39 is 21.9 Å². The van der Waals surface area contributed by atoms with Gasteiger partial charge in [0.25, 0.3) is 15.9 Å². The highest BCUT2D eigenvalue weighted by Crippen LogP contribution is 2.35. The zero-order valence-corrected chi connectivity index (χ0v) is 23.2. The van der Waals surface area contributed by atoms with Gasteiger partial charge in [-0.1, -0.05) is 17.4 Å². The molecule has 0 unspecified atom stereocenters. The lowest BCUT2D eigenvalue weighted by Gasteiger charge is -2.18. The molecular formula is C27H25N3O8S2. The first-order valence-electron chi connectivity index (χ1n) is 12.2. The summed E-state index contributed by atoms with van der Waals surface area (Å²) >= 11 is 1.20. The summed E-state index contributed by atoms with van der Waals surface area (Å²) in [5.41, 5.74) is 0.977. The average Bonchev–Trinajstić information content (AvgIpc) is 3.26. The second-order valence-corrected chi connectivity index (χ2v) is 11.2. The van der Waals surface area contributed by atoms with Gasteiger partial charge in [-0.3, -0.25) is 14.3 Å². The van der Waals surface area contributed by atoms with Crippen LogP contribution >= 0.6 is 11.3 Å². The molecule has 0 aliphatic carbocycles. The van der Waals surface area contributed by atoms with E-state index in [4.69, 9.17) is 18.9 Å². The molecule has 0 bridgehead atoms. The third kappa shape index (κ3) is 5.80. The van der Waals surface area contributed by atoms with Crippen molar-refractivity contribution in [1.82, 2.24) is 4.57 Å². The van der Waals surface area contributed by atoms with Crippen molar-refractivity contribution in [3.8, 4) is 17.2 Å². The molecule has 0 saturated carbocycles. The quantitative estimate of drug-likeness (QED) is 0.311. The van der Waals surface area contributed by atoms with E-state index in [0.29, 0.717) is 36.0 Å². The topological polar surface area (TPSA) is 135 Å². The summed E-state index contributed by atoms with van der Waals surface area (Å²) in [6.07, 6.45) is 0. The molecule has 3 aromatic carbocycles. The predicted molar refractivity (Wildman–Crippen MR) is 148 cm³/mol. The van der Waals surface area contributed by atoms with Crippen LogP contribution in [0.2, 0.25) is 0 Å². The Kier molecular flexibility index (Phi) is 7.76. The number of nitrogens with one attached hydrogen (secondary N) is 1. The molecule has 0 fully saturated rings. The molecule has 1 aromatic heterocycles. The van der Waals surface area contributed by atoms with Crippen LogP contribution in [-0.2, 0) is 26.1 Å². The number of hydrogen-bond acceptors (Lipinski definition) is 9. The van der Waals surface area contributed by atoms with E-state index in [9.17, 15) is 18.0 Å². The van der Waals surface area contributed by atoms with Gasteiger partial charge < -0.3 is 23.5 Å². The second kappa shape index (κ2) is 11.4. The molecule has 5 rings (SSSR count). The van der Waals surface area contributed by atoms with Crippen LogP contribution in [0.25, 0.3) is 10.2 Å². The fourth-order valence-corrected chi connectivity index (χ4v) is 6.10. The Morgan fingerprint density at radius 3 is 2.48 bits per heavy atom. The van der Waals surface area contributed by atoms with Gasteiger partial charge in [-0.15, -0.1) is 0 Å². The van der Waals surface area contributed by atoms with Crippen LogP contribution in [0.1, 0.15) is 17.3 Å². The largest absolute Gasteiger partial charge is 0.497 e. The van der Waals surface area contributed by atoms with E-state index in [2.05, 4.69) is 9.71 Å². The predicted octanol–water partition coefficient (Wildman–Crippen LogP) is 3.59. The van der Waals surface area contributed by atoms with E-state index in [1.165, 1.54) is 48.8 Å². The molecule has 1 aliphatic heterocycles. The summed E-state index contributed by atoms with van der Waals surface area (Å²) in [5.74, 6) is 0.518. The molecule has 0 saturated heterocycles. The Labute approximate surface area is 233 Å². The number of hydrogen-bond donors (Lipinski definition) is 1. The number of carbonyl (C=O) groups is 2. The zero-order chi connectivity index (χ0) is 28.3. The van der Waals surface area contributed by atoms with E-state index >= 15 is 0 Å². The summed E-state index contributed by atoms with van der Waals surface area (Å²) in [6.45, 7) is 2.57. The number of aromatic nitrogens is 1. The van der Waals surface area contributed by atoms with Crippen LogP contribution < -0.4 is 23.7 Å². The molecule has 208 valence electrons. The van der Waals surface area contributed by atoms with Gasteiger partial charge in [0.1, 0.15) is 25.5 Å². The van der Waals surface area contributed by atoms with Crippen LogP contribution in [0.3, 0.4) is 0 Å². The van der Waals surface area contributed by atoms with Crippen molar-refractivity contribution < 1.29 is 37.0 Å². The van der Waals surface area contributed by atoms with Crippen molar-refractivity contribution in [2.45, 2.75) is 18.4 Å². The Morgan fingerprint density at radius 2 is 1.77 bits per heavy atom. The molecule has 1 amide bonds. The van der Waals surface area contributed by atoms with E-state index in [1.807, 2.05) is 0 Å². The Hall–Kier alpha value is -4.36. The van der Waals surface area contributed by atoms with Gasteiger partial charge in [0.05, 0.1) is 28.8 Å². The van der Waals surface area contributed by atoms with Crippen molar-refractivity contribution in [1.29, 1.82) is 0 Å². The summed E-state index contributed by atoms with van der Waals surface area (Å²) in [4.78, 5) is 30.2. The minimum atomic E-state index is -3.92. The summed E-state index contributed by atoms with van der Waals surface area (Å²) < 4.78 is 52.1. The molecule has 0 radical (unpaired) electrons. The van der Waals surface area contributed by atoms with Crippen LogP contribution in [0.15, 0.2) is 70.6 Å². The van der Waals surface area contributed by atoms with Crippen LogP contribution in [0.5, 0.6) is 17.2 Å². The molecule has 1 N–H and O–H groups in total. The van der Waals surface area contributed by atoms with Crippen molar-refractivity contribution in [3.05, 3.63) is 71.0 Å². The average molecular weight is 584 g/mol. The first-order chi connectivity index (χ1) is 19.3. The highest BCUT2D eigenvalue weighted by atomic mass is 32.2. The summed E-state index contributed by atoms with van der Waals surface area (Å²) in [6, 6.07) is 15.5. The smallest absolute Gasteiger partial charge is 0.326 e. The number of fused-ring (bicyclic) bond motifs is 2.